The molecular formula is C21H38N6O3. The number of nitrogens with one attached hydrogen (secondary N) is 1. The molecule has 2 heterocycles. The molecule has 2 amide bonds. The lowest BCUT2D eigenvalue weighted by Crippen LogP contribution is -2.49. The van der Waals surface area contributed by atoms with Crippen molar-refractivity contribution in [1.29, 1.82) is 0 Å². The van der Waals surface area contributed by atoms with Crippen molar-refractivity contribution in [3.8, 4) is 0 Å². The molecule has 2 unspecified atom stereocenters. The Labute approximate surface area is 179 Å². The van der Waals surface area contributed by atoms with Crippen LogP contribution < -0.4 is 5.32 Å². The maximum absolute atomic E-state index is 13.5. The fraction of sp³-hybridized carbons (Fsp3) is 0.810. The van der Waals surface area contributed by atoms with Gasteiger partial charge < -0.3 is 20.2 Å². The highest BCUT2D eigenvalue weighted by molar-refractivity contribution is 5.90. The number of likely N-dealkylation sites (N-methyl/N-ethyl adjacent to an activating group) is 2. The molecule has 1 saturated heterocycles. The van der Waals surface area contributed by atoms with E-state index in [0.29, 0.717) is 0 Å². The van der Waals surface area contributed by atoms with E-state index in [0.717, 1.165) is 18.7 Å². The normalized spacial score (nSPS) is 21.2. The first-order chi connectivity index (χ1) is 13.8. The van der Waals surface area contributed by atoms with Crippen LogP contribution in [0.25, 0.3) is 0 Å². The Morgan fingerprint density at radius 1 is 1.30 bits per heavy atom. The van der Waals surface area contributed by atoms with E-state index in [4.69, 9.17) is 0 Å². The van der Waals surface area contributed by atoms with Gasteiger partial charge in [0, 0.05) is 44.7 Å². The summed E-state index contributed by atoms with van der Waals surface area (Å²) in [4.78, 5) is 29.5. The molecule has 0 aromatic carbocycles. The van der Waals surface area contributed by atoms with Gasteiger partial charge in [-0.25, -0.2) is 4.68 Å². The van der Waals surface area contributed by atoms with Crippen LogP contribution in [0.5, 0.6) is 0 Å². The zero-order valence-electron chi connectivity index (χ0n) is 19.6. The van der Waals surface area contributed by atoms with Gasteiger partial charge in [-0.05, 0) is 33.2 Å². The summed E-state index contributed by atoms with van der Waals surface area (Å²) in [6, 6.07) is -1.30. The smallest absolute Gasteiger partial charge is 0.248 e. The van der Waals surface area contributed by atoms with Gasteiger partial charge in [0.05, 0.1) is 11.8 Å². The summed E-state index contributed by atoms with van der Waals surface area (Å²) in [6.07, 6.45) is 2.08. The molecule has 170 valence electrons. The van der Waals surface area contributed by atoms with Crippen LogP contribution >= 0.6 is 0 Å². The van der Waals surface area contributed by atoms with Gasteiger partial charge in [0.1, 0.15) is 12.1 Å². The van der Waals surface area contributed by atoms with Crippen molar-refractivity contribution in [2.24, 2.45) is 5.41 Å². The van der Waals surface area contributed by atoms with E-state index in [-0.39, 0.29) is 30.3 Å². The predicted molar refractivity (Wildman–Crippen MR) is 115 cm³/mol. The molecule has 3 atom stereocenters. The third-order valence-electron chi connectivity index (χ3n) is 5.84. The molecule has 0 radical (unpaired) electrons. The Morgan fingerprint density at radius 3 is 2.47 bits per heavy atom. The summed E-state index contributed by atoms with van der Waals surface area (Å²) in [6.45, 7) is 13.3. The fourth-order valence-corrected chi connectivity index (χ4v) is 3.68. The molecule has 0 saturated carbocycles. The topological polar surface area (TPSA) is 104 Å². The van der Waals surface area contributed by atoms with Gasteiger partial charge >= 0.3 is 0 Å². The van der Waals surface area contributed by atoms with Gasteiger partial charge in [0.25, 0.3) is 0 Å². The van der Waals surface area contributed by atoms with Gasteiger partial charge in [-0.15, -0.1) is 5.10 Å². The highest BCUT2D eigenvalue weighted by Crippen LogP contribution is 2.34. The summed E-state index contributed by atoms with van der Waals surface area (Å²) in [5.41, 5.74) is 0.425. The molecule has 30 heavy (non-hydrogen) atoms. The van der Waals surface area contributed by atoms with E-state index >= 15 is 0 Å². The molecule has 2 rings (SSSR count). The number of carbonyl (C=O) groups excluding carboxylic acids is 2. The Kier molecular flexibility index (Phi) is 7.29. The minimum atomic E-state index is -0.712. The van der Waals surface area contributed by atoms with Crippen molar-refractivity contribution in [1.82, 2.24) is 30.1 Å². The lowest BCUT2D eigenvalue weighted by atomic mass is 9.85. The van der Waals surface area contributed by atoms with Crippen molar-refractivity contribution in [3.63, 3.8) is 0 Å². The van der Waals surface area contributed by atoms with E-state index in [1.807, 2.05) is 27.0 Å². The average Bonchev–Trinajstić information content (AvgIpc) is 3.23. The second kappa shape index (κ2) is 9.01. The number of amides is 2. The zero-order chi connectivity index (χ0) is 22.9. The monoisotopic (exact) mass is 422 g/mol. The molecule has 1 fully saturated rings. The van der Waals surface area contributed by atoms with Crippen LogP contribution in [-0.4, -0.2) is 86.6 Å². The van der Waals surface area contributed by atoms with Gasteiger partial charge in [0.2, 0.25) is 11.8 Å². The number of rotatable bonds is 6. The SMILES string of the molecule is CNC(=O)[C@H]1CC(O)CN1C(=O)C(n1cc(CCN(C)C(C)(C)C)nn1)C(C)(C)C. The highest BCUT2D eigenvalue weighted by atomic mass is 16.3. The standard InChI is InChI=1S/C21H38N6O3/c1-20(2,3)17(19(30)26-13-15(28)11-16(26)18(29)22-7)27-12-14(23-24-27)9-10-25(8)21(4,5)6/h12,15-17,28H,9-11,13H2,1-8H3,(H,22,29)/t15?,16-,17?/m1/s1. The van der Waals surface area contributed by atoms with Crippen LogP contribution in [0.3, 0.4) is 0 Å². The minimum Gasteiger partial charge on any atom is -0.391 e. The lowest BCUT2D eigenvalue weighted by Gasteiger charge is -2.34. The maximum atomic E-state index is 13.5. The van der Waals surface area contributed by atoms with E-state index < -0.39 is 23.6 Å². The number of hydrogen-bond acceptors (Lipinski definition) is 6. The summed E-state index contributed by atoms with van der Waals surface area (Å²) in [5, 5.41) is 21.2. The van der Waals surface area contributed by atoms with Crippen molar-refractivity contribution < 1.29 is 14.7 Å². The van der Waals surface area contributed by atoms with Gasteiger partial charge in [-0.3, -0.25) is 9.59 Å². The highest BCUT2D eigenvalue weighted by Gasteiger charge is 2.45. The summed E-state index contributed by atoms with van der Waals surface area (Å²) in [7, 11) is 3.61. The third-order valence-corrected chi connectivity index (χ3v) is 5.84. The van der Waals surface area contributed by atoms with Crippen LogP contribution in [0, 0.1) is 5.41 Å². The molecule has 9 heteroatoms. The predicted octanol–water partition coefficient (Wildman–Crippen LogP) is 0.846. The second-order valence-corrected chi connectivity index (χ2v) is 10.3. The molecule has 9 nitrogen and oxygen atoms in total. The number of nitrogens with zero attached hydrogens (tertiary/aromatic N) is 5. The molecule has 1 aliphatic heterocycles. The first-order valence-electron chi connectivity index (χ1n) is 10.6. The van der Waals surface area contributed by atoms with Gasteiger partial charge in [-0.2, -0.15) is 0 Å². The molecular weight excluding hydrogens is 384 g/mol. The van der Waals surface area contributed by atoms with Gasteiger partial charge in [-0.1, -0.05) is 26.0 Å². The largest absolute Gasteiger partial charge is 0.391 e. The van der Waals surface area contributed by atoms with Crippen LogP contribution in [-0.2, 0) is 16.0 Å². The van der Waals surface area contributed by atoms with Crippen LogP contribution in [0.15, 0.2) is 6.20 Å². The number of likely N-dealkylation sites (tertiary alicyclic amines) is 1. The van der Waals surface area contributed by atoms with E-state index in [9.17, 15) is 14.7 Å². The second-order valence-electron chi connectivity index (χ2n) is 10.3. The van der Waals surface area contributed by atoms with Crippen LogP contribution in [0.2, 0.25) is 0 Å². The number of β-amino-alcohol motifs (C(OH)–C–C–N with tert-alkyl or cyclic N) is 1. The summed E-state index contributed by atoms with van der Waals surface area (Å²) in [5.74, 6) is -0.493. The Hall–Kier alpha value is -2.00. The number of hydrogen-bond donors (Lipinski definition) is 2. The van der Waals surface area contributed by atoms with Crippen molar-refractivity contribution in [2.45, 2.75) is 78.1 Å². The minimum absolute atomic E-state index is 0.0609. The summed E-state index contributed by atoms with van der Waals surface area (Å²) < 4.78 is 1.61. The van der Waals surface area contributed by atoms with E-state index in [1.54, 1.807) is 4.68 Å². The first kappa shape index (κ1) is 24.3. The summed E-state index contributed by atoms with van der Waals surface area (Å²) >= 11 is 0. The molecule has 1 aromatic heterocycles. The lowest BCUT2D eigenvalue weighted by molar-refractivity contribution is -0.144. The van der Waals surface area contributed by atoms with Crippen LogP contribution in [0.1, 0.15) is 59.7 Å². The fourth-order valence-electron chi connectivity index (χ4n) is 3.68. The first-order valence-corrected chi connectivity index (χ1v) is 10.6. The quantitative estimate of drug-likeness (QED) is 0.704. The van der Waals surface area contributed by atoms with Gasteiger partial charge in [0.15, 0.2) is 0 Å². The molecule has 0 bridgehead atoms. The Bertz CT molecular complexity index is 749. The van der Waals surface area contributed by atoms with E-state index in [1.165, 1.54) is 11.9 Å². The number of aliphatic hydroxyl groups excluding tert-OH is 1. The number of aliphatic hydroxyl groups is 1. The van der Waals surface area contributed by atoms with Crippen molar-refractivity contribution in [2.75, 3.05) is 27.2 Å². The molecule has 1 aromatic rings. The maximum Gasteiger partial charge on any atom is 0.248 e. The van der Waals surface area contributed by atoms with Crippen molar-refractivity contribution >= 4 is 11.8 Å². The molecule has 0 aliphatic carbocycles. The molecule has 2 N–H and O–H groups in total. The van der Waals surface area contributed by atoms with E-state index in [2.05, 4.69) is 48.3 Å². The molecule has 1 aliphatic rings. The van der Waals surface area contributed by atoms with Crippen molar-refractivity contribution in [3.05, 3.63) is 11.9 Å². The van der Waals surface area contributed by atoms with Crippen LogP contribution in [0.4, 0.5) is 0 Å². The zero-order valence-corrected chi connectivity index (χ0v) is 19.6. The third kappa shape index (κ3) is 5.57. The Balaban J connectivity index is 2.24. The average molecular weight is 423 g/mol. The molecule has 0 spiro atoms. The number of aromatic nitrogens is 3. The number of carbonyl (C=O) groups is 2. The Morgan fingerprint density at radius 2 is 1.93 bits per heavy atom.